The van der Waals surface area contributed by atoms with E-state index in [4.69, 9.17) is 5.11 Å². The second-order valence-corrected chi connectivity index (χ2v) is 7.99. The molecule has 11 heteroatoms. The van der Waals surface area contributed by atoms with E-state index < -0.39 is 5.97 Å². The summed E-state index contributed by atoms with van der Waals surface area (Å²) in [6.45, 7) is 2.95. The Morgan fingerprint density at radius 1 is 1.18 bits per heavy atom. The van der Waals surface area contributed by atoms with E-state index in [-0.39, 0.29) is 5.56 Å². The second kappa shape index (κ2) is 10.1. The number of carbonyl (C=O) groups excluding carboxylic acids is 1. The number of nitrogens with zero attached hydrogens (tertiary/aromatic N) is 4. The smallest absolute Gasteiger partial charge is 0.337 e. The minimum atomic E-state index is -1.02. The molecule has 0 amide bonds. The number of H-pyrrole nitrogens is 1. The predicted octanol–water partition coefficient (Wildman–Crippen LogP) is 3.50. The first-order chi connectivity index (χ1) is 16.1. The van der Waals surface area contributed by atoms with E-state index in [1.54, 1.807) is 18.5 Å². The number of carboxylic acid groups (broad SMARTS) is 1. The van der Waals surface area contributed by atoms with Crippen LogP contribution in [0.3, 0.4) is 0 Å². The van der Waals surface area contributed by atoms with Gasteiger partial charge in [0.2, 0.25) is 0 Å². The molecule has 4 N–H and O–H groups in total. The standard InChI is InChI=1S/C22H21N7O3S/c1-2-16-15(12-30)18-19(25-9-8-24-17-6-5-13(10-26-17)21(31)32)28-22(29-20(18)27-16)33-14-4-3-7-23-11-14/h3-7,10-12H,2,8-9H2,1H3,(H,24,26)(H,31,32)(H2,25,27,28,29). The summed E-state index contributed by atoms with van der Waals surface area (Å²) in [6, 6.07) is 6.87. The predicted molar refractivity (Wildman–Crippen MR) is 125 cm³/mol. The van der Waals surface area contributed by atoms with Crippen LogP contribution in [0.2, 0.25) is 0 Å². The van der Waals surface area contributed by atoms with Gasteiger partial charge in [-0.15, -0.1) is 0 Å². The fourth-order valence-electron chi connectivity index (χ4n) is 3.24. The van der Waals surface area contributed by atoms with Gasteiger partial charge in [0.05, 0.1) is 10.9 Å². The molecule has 0 spiro atoms. The number of rotatable bonds is 10. The van der Waals surface area contributed by atoms with E-state index in [1.807, 2.05) is 19.1 Å². The highest BCUT2D eigenvalue weighted by molar-refractivity contribution is 7.99. The van der Waals surface area contributed by atoms with Crippen LogP contribution in [0.4, 0.5) is 11.6 Å². The van der Waals surface area contributed by atoms with Crippen LogP contribution >= 0.6 is 11.8 Å². The van der Waals surface area contributed by atoms with Crippen LogP contribution in [0.25, 0.3) is 11.0 Å². The average Bonchev–Trinajstić information content (AvgIpc) is 3.20. The summed E-state index contributed by atoms with van der Waals surface area (Å²) in [5, 5.41) is 16.6. The summed E-state index contributed by atoms with van der Waals surface area (Å²) in [7, 11) is 0. The molecule has 0 unspecified atom stereocenters. The fourth-order valence-corrected chi connectivity index (χ4v) is 3.98. The average molecular weight is 464 g/mol. The number of hydrogen-bond acceptors (Lipinski definition) is 9. The Labute approximate surface area is 193 Å². The van der Waals surface area contributed by atoms with E-state index in [9.17, 15) is 9.59 Å². The van der Waals surface area contributed by atoms with Gasteiger partial charge in [-0.2, -0.15) is 0 Å². The first-order valence-electron chi connectivity index (χ1n) is 10.2. The van der Waals surface area contributed by atoms with Gasteiger partial charge in [-0.25, -0.2) is 19.7 Å². The van der Waals surface area contributed by atoms with Gasteiger partial charge in [-0.3, -0.25) is 9.78 Å². The summed E-state index contributed by atoms with van der Waals surface area (Å²) in [5.74, 6) is 0.0961. The fraction of sp³-hybridized carbons (Fsp3) is 0.182. The normalized spacial score (nSPS) is 10.8. The van der Waals surface area contributed by atoms with Gasteiger partial charge in [0.25, 0.3) is 0 Å². The first-order valence-corrected chi connectivity index (χ1v) is 11.0. The maximum Gasteiger partial charge on any atom is 0.337 e. The van der Waals surface area contributed by atoms with Crippen LogP contribution in [0.1, 0.15) is 33.3 Å². The number of aldehydes is 1. The Balaban J connectivity index is 1.54. The monoisotopic (exact) mass is 463 g/mol. The van der Waals surface area contributed by atoms with Crippen molar-refractivity contribution in [3.8, 4) is 0 Å². The van der Waals surface area contributed by atoms with Gasteiger partial charge in [-0.05, 0) is 42.4 Å². The van der Waals surface area contributed by atoms with Crippen molar-refractivity contribution in [2.24, 2.45) is 0 Å². The molecule has 0 saturated carbocycles. The number of anilines is 2. The maximum absolute atomic E-state index is 11.8. The molecule has 0 atom stereocenters. The van der Waals surface area contributed by atoms with Gasteiger partial charge in [-0.1, -0.05) is 6.92 Å². The number of aromatic amines is 1. The van der Waals surface area contributed by atoms with Gasteiger partial charge in [0.1, 0.15) is 17.3 Å². The highest BCUT2D eigenvalue weighted by Gasteiger charge is 2.18. The third kappa shape index (κ3) is 5.09. The van der Waals surface area contributed by atoms with Gasteiger partial charge >= 0.3 is 5.97 Å². The Hall–Kier alpha value is -3.99. The molecule has 4 rings (SSSR count). The zero-order chi connectivity index (χ0) is 23.2. The Morgan fingerprint density at radius 3 is 2.70 bits per heavy atom. The molecule has 0 aromatic carbocycles. The molecular weight excluding hydrogens is 442 g/mol. The number of pyridine rings is 2. The van der Waals surface area contributed by atoms with Crippen molar-refractivity contribution in [2.75, 3.05) is 23.7 Å². The second-order valence-electron chi connectivity index (χ2n) is 6.95. The lowest BCUT2D eigenvalue weighted by atomic mass is 10.1. The summed E-state index contributed by atoms with van der Waals surface area (Å²) < 4.78 is 0. The van der Waals surface area contributed by atoms with Crippen LogP contribution in [-0.2, 0) is 6.42 Å². The highest BCUT2D eigenvalue weighted by atomic mass is 32.2. The van der Waals surface area contributed by atoms with Crippen molar-refractivity contribution < 1.29 is 14.7 Å². The molecule has 0 aliphatic carbocycles. The summed E-state index contributed by atoms with van der Waals surface area (Å²) >= 11 is 1.38. The molecule has 0 saturated heterocycles. The first kappa shape index (κ1) is 22.2. The molecule has 0 aliphatic heterocycles. The third-order valence-electron chi connectivity index (χ3n) is 4.80. The quantitative estimate of drug-likeness (QED) is 0.157. The van der Waals surface area contributed by atoms with Crippen molar-refractivity contribution in [2.45, 2.75) is 23.4 Å². The molecule has 33 heavy (non-hydrogen) atoms. The van der Waals surface area contributed by atoms with Crippen LogP contribution in [-0.4, -0.2) is 55.4 Å². The number of aryl methyl sites for hydroxylation is 1. The number of nitrogens with one attached hydrogen (secondary N) is 3. The zero-order valence-electron chi connectivity index (χ0n) is 17.7. The largest absolute Gasteiger partial charge is 0.478 e. The van der Waals surface area contributed by atoms with Crippen molar-refractivity contribution in [1.29, 1.82) is 0 Å². The molecule has 0 aliphatic rings. The van der Waals surface area contributed by atoms with Crippen LogP contribution in [0.15, 0.2) is 52.9 Å². The summed E-state index contributed by atoms with van der Waals surface area (Å²) in [5.41, 5.74) is 2.08. The Bertz CT molecular complexity index is 1280. The lowest BCUT2D eigenvalue weighted by Crippen LogP contribution is -2.15. The van der Waals surface area contributed by atoms with Crippen LogP contribution in [0, 0.1) is 0 Å². The molecule has 4 heterocycles. The van der Waals surface area contributed by atoms with E-state index >= 15 is 0 Å². The number of fused-ring (bicyclic) bond motifs is 1. The third-order valence-corrected chi connectivity index (χ3v) is 5.64. The Morgan fingerprint density at radius 2 is 2.03 bits per heavy atom. The van der Waals surface area contributed by atoms with Crippen molar-refractivity contribution in [3.63, 3.8) is 0 Å². The molecular formula is C22H21N7O3S. The lowest BCUT2D eigenvalue weighted by Gasteiger charge is -2.10. The number of aromatic carboxylic acids is 1. The molecule has 0 fully saturated rings. The lowest BCUT2D eigenvalue weighted by molar-refractivity contribution is 0.0696. The maximum atomic E-state index is 11.8. The van der Waals surface area contributed by atoms with Gasteiger partial charge in [0, 0.05) is 47.8 Å². The minimum Gasteiger partial charge on any atom is -0.478 e. The summed E-state index contributed by atoms with van der Waals surface area (Å²) in [4.78, 5) is 44.3. The zero-order valence-corrected chi connectivity index (χ0v) is 18.5. The number of aromatic nitrogens is 5. The molecule has 168 valence electrons. The Kier molecular flexibility index (Phi) is 6.79. The van der Waals surface area contributed by atoms with Gasteiger partial charge < -0.3 is 20.7 Å². The van der Waals surface area contributed by atoms with Gasteiger partial charge in [0.15, 0.2) is 11.4 Å². The molecule has 4 aromatic heterocycles. The van der Waals surface area contributed by atoms with Crippen LogP contribution in [0.5, 0.6) is 0 Å². The van der Waals surface area contributed by atoms with E-state index in [2.05, 4.69) is 35.6 Å². The van der Waals surface area contributed by atoms with E-state index in [0.29, 0.717) is 52.9 Å². The van der Waals surface area contributed by atoms with E-state index in [0.717, 1.165) is 16.9 Å². The molecule has 10 nitrogen and oxygen atoms in total. The van der Waals surface area contributed by atoms with Crippen molar-refractivity contribution in [1.82, 2.24) is 24.9 Å². The number of hydrogen-bond donors (Lipinski definition) is 4. The van der Waals surface area contributed by atoms with Crippen LogP contribution < -0.4 is 10.6 Å². The number of carbonyl (C=O) groups is 2. The number of carboxylic acids is 1. The molecule has 0 bridgehead atoms. The minimum absolute atomic E-state index is 0.126. The topological polar surface area (TPSA) is 146 Å². The summed E-state index contributed by atoms with van der Waals surface area (Å²) in [6.07, 6.45) is 6.23. The molecule has 0 radical (unpaired) electrons. The van der Waals surface area contributed by atoms with Crippen molar-refractivity contribution in [3.05, 3.63) is 59.7 Å². The van der Waals surface area contributed by atoms with E-state index in [1.165, 1.54) is 24.0 Å². The van der Waals surface area contributed by atoms with Crippen molar-refractivity contribution >= 4 is 46.7 Å². The molecule has 4 aromatic rings. The SMILES string of the molecule is CCc1[nH]c2nc(Sc3cccnc3)nc(NCCNc3ccc(C(=O)O)cn3)c2c1C=O. The highest BCUT2D eigenvalue weighted by Crippen LogP contribution is 2.31.